The minimum absolute atomic E-state index is 0.405. The summed E-state index contributed by atoms with van der Waals surface area (Å²) in [6, 6.07) is 7.32. The lowest BCUT2D eigenvalue weighted by Crippen LogP contribution is -2.43. The molecular weight excluding hydrogens is 238 g/mol. The van der Waals surface area contributed by atoms with Gasteiger partial charge in [-0.15, -0.1) is 0 Å². The van der Waals surface area contributed by atoms with Crippen molar-refractivity contribution in [1.29, 1.82) is 0 Å². The van der Waals surface area contributed by atoms with E-state index in [-0.39, 0.29) is 0 Å². The zero-order chi connectivity index (χ0) is 11.9. The van der Waals surface area contributed by atoms with Gasteiger partial charge in [0.05, 0.1) is 5.54 Å². The van der Waals surface area contributed by atoms with Gasteiger partial charge in [-0.2, -0.15) is 4.98 Å². The molecule has 4 nitrogen and oxygen atoms in total. The fourth-order valence-corrected chi connectivity index (χ4v) is 2.04. The molecule has 1 aromatic heterocycles. The fraction of sp³-hybridized carbons (Fsp3) is 0.333. The summed E-state index contributed by atoms with van der Waals surface area (Å²) in [7, 11) is 0. The van der Waals surface area contributed by atoms with E-state index in [4.69, 9.17) is 21.9 Å². The molecule has 1 heterocycles. The van der Waals surface area contributed by atoms with Crippen LogP contribution in [0.5, 0.6) is 0 Å². The molecule has 1 fully saturated rings. The van der Waals surface area contributed by atoms with Gasteiger partial charge in [-0.25, -0.2) is 0 Å². The van der Waals surface area contributed by atoms with Crippen molar-refractivity contribution in [3.63, 3.8) is 0 Å². The Kier molecular flexibility index (Phi) is 2.42. The van der Waals surface area contributed by atoms with E-state index in [1.165, 1.54) is 0 Å². The van der Waals surface area contributed by atoms with E-state index in [1.54, 1.807) is 12.1 Å². The van der Waals surface area contributed by atoms with Gasteiger partial charge in [0.2, 0.25) is 11.7 Å². The van der Waals surface area contributed by atoms with Crippen LogP contribution >= 0.6 is 11.6 Å². The number of aromatic nitrogens is 2. The number of benzene rings is 1. The third-order valence-electron chi connectivity index (χ3n) is 3.20. The number of nitrogens with two attached hydrogens (primary N) is 1. The Balaban J connectivity index is 1.92. The average Bonchev–Trinajstić information content (AvgIpc) is 2.76. The molecule has 2 N–H and O–H groups in total. The first-order chi connectivity index (χ1) is 8.17. The van der Waals surface area contributed by atoms with E-state index in [9.17, 15) is 0 Å². The summed E-state index contributed by atoms with van der Waals surface area (Å²) in [6.07, 6.45) is 2.94. The van der Waals surface area contributed by atoms with E-state index < -0.39 is 5.54 Å². The highest BCUT2D eigenvalue weighted by molar-refractivity contribution is 6.30. The van der Waals surface area contributed by atoms with Crippen molar-refractivity contribution in [1.82, 2.24) is 10.1 Å². The minimum atomic E-state index is -0.405. The molecule has 0 radical (unpaired) electrons. The van der Waals surface area contributed by atoms with Crippen LogP contribution in [0.2, 0.25) is 5.02 Å². The quantitative estimate of drug-likeness (QED) is 0.889. The van der Waals surface area contributed by atoms with Crippen LogP contribution in [0.3, 0.4) is 0 Å². The summed E-state index contributed by atoms with van der Waals surface area (Å²) in [5.41, 5.74) is 6.60. The Morgan fingerprint density at radius 2 is 1.94 bits per heavy atom. The van der Waals surface area contributed by atoms with E-state index >= 15 is 0 Å². The Morgan fingerprint density at radius 3 is 2.53 bits per heavy atom. The molecule has 0 amide bonds. The van der Waals surface area contributed by atoms with Crippen molar-refractivity contribution in [2.45, 2.75) is 24.8 Å². The van der Waals surface area contributed by atoms with Gasteiger partial charge >= 0.3 is 0 Å². The molecule has 2 aromatic rings. The van der Waals surface area contributed by atoms with Gasteiger partial charge in [-0.05, 0) is 43.5 Å². The zero-order valence-corrected chi connectivity index (χ0v) is 9.94. The predicted octanol–water partition coefficient (Wildman–Crippen LogP) is 2.73. The maximum absolute atomic E-state index is 6.12. The molecular formula is C12H12ClN3O. The molecule has 1 aliphatic rings. The second-order valence-corrected chi connectivity index (χ2v) is 4.88. The minimum Gasteiger partial charge on any atom is -0.337 e. The van der Waals surface area contributed by atoms with Crippen LogP contribution in [0.15, 0.2) is 28.8 Å². The molecule has 1 aliphatic carbocycles. The maximum atomic E-state index is 6.12. The van der Waals surface area contributed by atoms with Crippen molar-refractivity contribution >= 4 is 11.6 Å². The first-order valence-electron chi connectivity index (χ1n) is 5.56. The standard InChI is InChI=1S/C12H12ClN3O/c13-9-4-2-8(3-5-9)10-15-11(17-16-10)12(14)6-1-7-12/h2-5H,1,6-7,14H2. The van der Waals surface area contributed by atoms with E-state index in [0.29, 0.717) is 16.7 Å². The van der Waals surface area contributed by atoms with E-state index in [2.05, 4.69) is 10.1 Å². The first-order valence-corrected chi connectivity index (χ1v) is 5.94. The SMILES string of the molecule is NC1(c2nc(-c3ccc(Cl)cc3)no2)CCC1. The van der Waals surface area contributed by atoms with Gasteiger partial charge in [0, 0.05) is 10.6 Å². The maximum Gasteiger partial charge on any atom is 0.247 e. The molecule has 0 saturated heterocycles. The molecule has 88 valence electrons. The Labute approximate surface area is 104 Å². The number of nitrogens with zero attached hydrogens (tertiary/aromatic N) is 2. The molecule has 17 heavy (non-hydrogen) atoms. The van der Waals surface area contributed by atoms with Gasteiger partial charge in [-0.1, -0.05) is 16.8 Å². The van der Waals surface area contributed by atoms with Crippen LogP contribution in [0, 0.1) is 0 Å². The Morgan fingerprint density at radius 1 is 1.24 bits per heavy atom. The summed E-state index contributed by atoms with van der Waals surface area (Å²) in [5.74, 6) is 1.10. The molecule has 3 rings (SSSR count). The number of rotatable bonds is 2. The van der Waals surface area contributed by atoms with Gasteiger partial charge < -0.3 is 10.3 Å². The number of halogens is 1. The summed E-state index contributed by atoms with van der Waals surface area (Å²) >= 11 is 5.82. The summed E-state index contributed by atoms with van der Waals surface area (Å²) in [6.45, 7) is 0. The van der Waals surface area contributed by atoms with Gasteiger partial charge in [0.15, 0.2) is 0 Å². The second-order valence-electron chi connectivity index (χ2n) is 4.44. The summed E-state index contributed by atoms with van der Waals surface area (Å²) in [5, 5.41) is 4.64. The highest BCUT2D eigenvalue weighted by atomic mass is 35.5. The topological polar surface area (TPSA) is 64.9 Å². The van der Waals surface area contributed by atoms with Crippen LogP contribution in [-0.2, 0) is 5.54 Å². The smallest absolute Gasteiger partial charge is 0.247 e. The third kappa shape index (κ3) is 1.83. The average molecular weight is 250 g/mol. The zero-order valence-electron chi connectivity index (χ0n) is 9.19. The van der Waals surface area contributed by atoms with Gasteiger partial charge in [-0.3, -0.25) is 0 Å². The lowest BCUT2D eigenvalue weighted by atomic mass is 9.78. The number of hydrogen-bond acceptors (Lipinski definition) is 4. The third-order valence-corrected chi connectivity index (χ3v) is 3.45. The van der Waals surface area contributed by atoms with Gasteiger partial charge in [0.25, 0.3) is 0 Å². The molecule has 0 spiro atoms. The van der Waals surface area contributed by atoms with Crippen molar-refractivity contribution in [3.05, 3.63) is 35.2 Å². The highest BCUT2D eigenvalue weighted by Crippen LogP contribution is 2.38. The largest absolute Gasteiger partial charge is 0.337 e. The van der Waals surface area contributed by atoms with E-state index in [0.717, 1.165) is 24.8 Å². The Bertz CT molecular complexity index is 531. The molecule has 0 atom stereocenters. The van der Waals surface area contributed by atoms with Crippen molar-refractivity contribution in [3.8, 4) is 11.4 Å². The van der Waals surface area contributed by atoms with Crippen LogP contribution < -0.4 is 5.73 Å². The lowest BCUT2D eigenvalue weighted by molar-refractivity contribution is 0.181. The molecule has 1 saturated carbocycles. The van der Waals surface area contributed by atoms with Crippen molar-refractivity contribution in [2.24, 2.45) is 5.73 Å². The van der Waals surface area contributed by atoms with Crippen molar-refractivity contribution in [2.75, 3.05) is 0 Å². The van der Waals surface area contributed by atoms with Crippen LogP contribution in [0.1, 0.15) is 25.2 Å². The second kappa shape index (κ2) is 3.82. The molecule has 5 heteroatoms. The normalized spacial score (nSPS) is 17.8. The molecule has 1 aromatic carbocycles. The van der Waals surface area contributed by atoms with Crippen LogP contribution in [-0.4, -0.2) is 10.1 Å². The molecule has 0 aliphatic heterocycles. The highest BCUT2D eigenvalue weighted by Gasteiger charge is 2.39. The van der Waals surface area contributed by atoms with Gasteiger partial charge in [0.1, 0.15) is 0 Å². The monoisotopic (exact) mass is 249 g/mol. The van der Waals surface area contributed by atoms with Crippen LogP contribution in [0.4, 0.5) is 0 Å². The fourth-order valence-electron chi connectivity index (χ4n) is 1.91. The first kappa shape index (κ1) is 10.7. The van der Waals surface area contributed by atoms with Crippen molar-refractivity contribution < 1.29 is 4.52 Å². The number of hydrogen-bond donors (Lipinski definition) is 1. The van der Waals surface area contributed by atoms with Crippen LogP contribution in [0.25, 0.3) is 11.4 Å². The summed E-state index contributed by atoms with van der Waals surface area (Å²) in [4.78, 5) is 4.36. The predicted molar refractivity (Wildman–Crippen MR) is 64.5 cm³/mol. The summed E-state index contributed by atoms with van der Waals surface area (Å²) < 4.78 is 5.24. The molecule has 0 bridgehead atoms. The molecule has 0 unspecified atom stereocenters. The Hall–Kier alpha value is -1.39. The van der Waals surface area contributed by atoms with E-state index in [1.807, 2.05) is 12.1 Å². The lowest BCUT2D eigenvalue weighted by Gasteiger charge is -2.33.